The molecule has 3 aromatic rings. The van der Waals surface area contributed by atoms with E-state index in [1.54, 1.807) is 18.2 Å². The van der Waals surface area contributed by atoms with Gasteiger partial charge in [-0.3, -0.25) is 34.2 Å². The van der Waals surface area contributed by atoms with Gasteiger partial charge in [0.1, 0.15) is 6.54 Å². The lowest BCUT2D eigenvalue weighted by atomic mass is 10.1. The first-order chi connectivity index (χ1) is 15.3. The van der Waals surface area contributed by atoms with E-state index in [2.05, 4.69) is 20.6 Å². The molecule has 2 aromatic carbocycles. The zero-order chi connectivity index (χ0) is 22.8. The van der Waals surface area contributed by atoms with Crippen molar-refractivity contribution in [2.24, 2.45) is 0 Å². The zero-order valence-electron chi connectivity index (χ0n) is 16.5. The molecule has 4 rings (SSSR count). The molecule has 12 heteroatoms. The molecule has 2 heterocycles. The summed E-state index contributed by atoms with van der Waals surface area (Å²) in [5, 5.41) is 16.0. The normalized spacial score (nSPS) is 12.7. The van der Waals surface area contributed by atoms with Crippen molar-refractivity contribution in [2.45, 2.75) is 0 Å². The topological polar surface area (TPSA) is 167 Å². The van der Waals surface area contributed by atoms with Gasteiger partial charge in [-0.05, 0) is 24.3 Å². The molecule has 0 atom stereocenters. The molecular weight excluding hydrogens is 420 g/mol. The van der Waals surface area contributed by atoms with E-state index in [0.29, 0.717) is 5.56 Å². The number of nitro groups is 1. The minimum absolute atomic E-state index is 0.00917. The zero-order valence-corrected chi connectivity index (χ0v) is 16.5. The van der Waals surface area contributed by atoms with E-state index in [1.165, 1.54) is 12.4 Å². The summed E-state index contributed by atoms with van der Waals surface area (Å²) in [6.07, 6.45) is 1.53. The Balaban J connectivity index is 1.27. The lowest BCUT2D eigenvalue weighted by Gasteiger charge is -2.13. The molecule has 0 aliphatic carbocycles. The van der Waals surface area contributed by atoms with Crippen LogP contribution in [0.2, 0.25) is 0 Å². The second-order valence-corrected chi connectivity index (χ2v) is 6.92. The molecular formula is C20H16N6O6. The number of aromatic amines is 1. The van der Waals surface area contributed by atoms with Crippen LogP contribution in [0.4, 0.5) is 5.69 Å². The second kappa shape index (κ2) is 8.26. The fourth-order valence-corrected chi connectivity index (χ4v) is 3.29. The Morgan fingerprint density at radius 3 is 2.56 bits per heavy atom. The van der Waals surface area contributed by atoms with Gasteiger partial charge in [0.2, 0.25) is 5.91 Å². The number of imide groups is 1. The van der Waals surface area contributed by atoms with Crippen molar-refractivity contribution in [3.63, 3.8) is 0 Å². The Morgan fingerprint density at radius 2 is 1.78 bits per heavy atom. The summed E-state index contributed by atoms with van der Waals surface area (Å²) in [6, 6.07) is 8.33. The molecule has 162 valence electrons. The third-order valence-corrected chi connectivity index (χ3v) is 4.88. The molecule has 32 heavy (non-hydrogen) atoms. The number of imidazole rings is 1. The quantitative estimate of drug-likeness (QED) is 0.211. The van der Waals surface area contributed by atoms with Crippen LogP contribution in [0.15, 0.2) is 42.7 Å². The number of aromatic nitrogens is 2. The number of amides is 4. The van der Waals surface area contributed by atoms with E-state index in [-0.39, 0.29) is 35.8 Å². The third-order valence-electron chi connectivity index (χ3n) is 4.88. The highest BCUT2D eigenvalue weighted by molar-refractivity contribution is 6.22. The van der Waals surface area contributed by atoms with E-state index in [9.17, 15) is 29.3 Å². The fraction of sp³-hybridized carbons (Fsp3) is 0.150. The first-order valence-electron chi connectivity index (χ1n) is 9.48. The number of carbonyl (C=O) groups excluding carboxylic acids is 4. The maximum Gasteiger partial charge on any atom is 0.270 e. The van der Waals surface area contributed by atoms with Crippen LogP contribution in [-0.4, -0.2) is 63.1 Å². The van der Waals surface area contributed by atoms with Crippen molar-refractivity contribution in [1.29, 1.82) is 0 Å². The molecule has 1 aliphatic rings. The lowest BCUT2D eigenvalue weighted by Crippen LogP contribution is -2.42. The monoisotopic (exact) mass is 436 g/mol. The summed E-state index contributed by atoms with van der Waals surface area (Å²) in [6.45, 7) is -0.337. The largest absolute Gasteiger partial charge is 0.353 e. The number of H-pyrrole nitrogens is 1. The van der Waals surface area contributed by atoms with Crippen LogP contribution in [0.3, 0.4) is 0 Å². The fourth-order valence-electron chi connectivity index (χ4n) is 3.29. The van der Waals surface area contributed by atoms with Crippen LogP contribution >= 0.6 is 0 Å². The molecule has 1 aliphatic heterocycles. The van der Waals surface area contributed by atoms with Crippen molar-refractivity contribution in [2.75, 3.05) is 19.6 Å². The van der Waals surface area contributed by atoms with Crippen LogP contribution in [0.1, 0.15) is 31.1 Å². The molecule has 0 saturated heterocycles. The summed E-state index contributed by atoms with van der Waals surface area (Å²) < 4.78 is 0. The van der Waals surface area contributed by atoms with E-state index < -0.39 is 29.2 Å². The maximum absolute atomic E-state index is 12.4. The first kappa shape index (κ1) is 20.7. The maximum atomic E-state index is 12.4. The minimum atomic E-state index is -0.772. The standard InChI is InChI=1S/C20H16N6O6/c27-17(9-25-19(29)13-3-2-12(26(31)32)8-14(13)20(25)30)21-5-6-22-18(28)11-1-4-15-16(7-11)24-10-23-15/h1-4,7-8,10H,5-6,9H2,(H,21,27)(H,22,28)(H,23,24). The van der Waals surface area contributed by atoms with Gasteiger partial charge in [-0.25, -0.2) is 4.98 Å². The highest BCUT2D eigenvalue weighted by atomic mass is 16.6. The number of rotatable bonds is 7. The van der Waals surface area contributed by atoms with Gasteiger partial charge in [0.25, 0.3) is 23.4 Å². The van der Waals surface area contributed by atoms with Crippen molar-refractivity contribution < 1.29 is 24.1 Å². The van der Waals surface area contributed by atoms with E-state index in [0.717, 1.165) is 28.1 Å². The molecule has 0 fully saturated rings. The average Bonchev–Trinajstić information content (AvgIpc) is 3.34. The van der Waals surface area contributed by atoms with Crippen LogP contribution in [0.25, 0.3) is 11.0 Å². The predicted molar refractivity (Wildman–Crippen MR) is 110 cm³/mol. The van der Waals surface area contributed by atoms with Gasteiger partial charge in [-0.1, -0.05) is 0 Å². The molecule has 4 amide bonds. The Kier molecular flexibility index (Phi) is 5.33. The Morgan fingerprint density at radius 1 is 1.03 bits per heavy atom. The SMILES string of the molecule is O=C(CN1C(=O)c2ccc([N+](=O)[O-])cc2C1=O)NCCNC(=O)c1ccc2nc[nH]c2c1. The molecule has 3 N–H and O–H groups in total. The summed E-state index contributed by atoms with van der Waals surface area (Å²) in [5.74, 6) is -2.41. The van der Waals surface area contributed by atoms with Crippen molar-refractivity contribution in [1.82, 2.24) is 25.5 Å². The van der Waals surface area contributed by atoms with Gasteiger partial charge < -0.3 is 15.6 Å². The van der Waals surface area contributed by atoms with Crippen LogP contribution in [0.5, 0.6) is 0 Å². The summed E-state index contributed by atoms with van der Waals surface area (Å²) >= 11 is 0. The average molecular weight is 436 g/mol. The molecule has 1 aromatic heterocycles. The number of hydrogen-bond acceptors (Lipinski definition) is 7. The number of hydrogen-bond donors (Lipinski definition) is 3. The van der Waals surface area contributed by atoms with E-state index in [1.807, 2.05) is 0 Å². The smallest absolute Gasteiger partial charge is 0.270 e. The predicted octanol–water partition coefficient (Wildman–Crippen LogP) is 0.613. The Labute approximate surface area is 179 Å². The van der Waals surface area contributed by atoms with Crippen LogP contribution in [0, 0.1) is 10.1 Å². The van der Waals surface area contributed by atoms with Gasteiger partial charge in [-0.2, -0.15) is 0 Å². The molecule has 0 radical (unpaired) electrons. The number of carbonyl (C=O) groups is 4. The molecule has 0 saturated carbocycles. The second-order valence-electron chi connectivity index (χ2n) is 6.92. The lowest BCUT2D eigenvalue weighted by molar-refractivity contribution is -0.384. The number of nitro benzene ring substituents is 1. The number of nitrogens with zero attached hydrogens (tertiary/aromatic N) is 3. The van der Waals surface area contributed by atoms with Gasteiger partial charge in [-0.15, -0.1) is 0 Å². The van der Waals surface area contributed by atoms with Crippen LogP contribution < -0.4 is 10.6 Å². The summed E-state index contributed by atoms with van der Waals surface area (Å²) in [4.78, 5) is 67.1. The number of fused-ring (bicyclic) bond motifs is 2. The highest BCUT2D eigenvalue weighted by Crippen LogP contribution is 2.26. The molecule has 0 bridgehead atoms. The number of non-ortho nitro benzene ring substituents is 1. The highest BCUT2D eigenvalue weighted by Gasteiger charge is 2.37. The summed E-state index contributed by atoms with van der Waals surface area (Å²) in [7, 11) is 0. The van der Waals surface area contributed by atoms with Gasteiger partial charge in [0.05, 0.1) is 33.4 Å². The molecule has 0 unspecified atom stereocenters. The van der Waals surface area contributed by atoms with E-state index >= 15 is 0 Å². The Hall–Kier alpha value is -4.61. The van der Waals surface area contributed by atoms with Gasteiger partial charge >= 0.3 is 0 Å². The minimum Gasteiger partial charge on any atom is -0.353 e. The van der Waals surface area contributed by atoms with Crippen molar-refractivity contribution >= 4 is 40.3 Å². The Bertz CT molecular complexity index is 1280. The van der Waals surface area contributed by atoms with Crippen molar-refractivity contribution in [3.8, 4) is 0 Å². The molecule has 12 nitrogen and oxygen atoms in total. The number of benzene rings is 2. The van der Waals surface area contributed by atoms with Gasteiger partial charge in [0.15, 0.2) is 0 Å². The summed E-state index contributed by atoms with van der Waals surface area (Å²) in [5.41, 5.74) is 1.45. The first-order valence-corrected chi connectivity index (χ1v) is 9.48. The van der Waals surface area contributed by atoms with Crippen LogP contribution in [-0.2, 0) is 4.79 Å². The third kappa shape index (κ3) is 3.88. The van der Waals surface area contributed by atoms with Crippen molar-refractivity contribution in [3.05, 3.63) is 69.5 Å². The van der Waals surface area contributed by atoms with Gasteiger partial charge in [0, 0.05) is 30.8 Å². The van der Waals surface area contributed by atoms with E-state index in [4.69, 9.17) is 0 Å². The number of nitrogens with one attached hydrogen (secondary N) is 3. The molecule has 0 spiro atoms.